The highest BCUT2D eigenvalue weighted by molar-refractivity contribution is 7.91. The number of methoxy groups -OCH3 is 1. The molecule has 2 aliphatic heterocycles. The van der Waals surface area contributed by atoms with Crippen LogP contribution >= 0.6 is 0 Å². The first-order valence-corrected chi connectivity index (χ1v) is 19.9. The molecule has 3 amide bonds. The number of fused-ring (bicyclic) bond motifs is 10. The molecule has 3 aromatic rings. The van der Waals surface area contributed by atoms with Crippen molar-refractivity contribution in [2.75, 3.05) is 19.0 Å². The van der Waals surface area contributed by atoms with E-state index in [1.54, 1.807) is 13.2 Å². The average molecular weight is 789 g/mol. The van der Waals surface area contributed by atoms with Gasteiger partial charge in [-0.3, -0.25) is 19.1 Å². The highest BCUT2D eigenvalue weighted by atomic mass is 32.2. The van der Waals surface area contributed by atoms with Gasteiger partial charge in [-0.15, -0.1) is 15.3 Å². The third-order valence-corrected chi connectivity index (χ3v) is 12.9. The van der Waals surface area contributed by atoms with Gasteiger partial charge in [0.25, 0.3) is 5.91 Å². The first-order chi connectivity index (χ1) is 25.8. The Morgan fingerprint density at radius 1 is 1.15 bits per heavy atom. The number of halogens is 2. The molecule has 20 heteroatoms. The monoisotopic (exact) mass is 788 g/mol. The normalized spacial score (nSPS) is 26.7. The Balaban J connectivity index is 1.26. The van der Waals surface area contributed by atoms with Crippen molar-refractivity contribution < 1.29 is 40.7 Å². The molecular weight excluding hydrogens is 743 g/mol. The van der Waals surface area contributed by atoms with Gasteiger partial charge in [0.05, 0.1) is 24.3 Å². The van der Waals surface area contributed by atoms with E-state index >= 15 is 0 Å². The van der Waals surface area contributed by atoms with Gasteiger partial charge in [-0.05, 0) is 72.9 Å². The Kier molecular flexibility index (Phi) is 9.64. The predicted octanol–water partition coefficient (Wildman–Crippen LogP) is 2.76. The van der Waals surface area contributed by atoms with E-state index in [0.29, 0.717) is 48.7 Å². The standard InChI is InChI=1S/C35H46F2N10O7S/c1-33(2,3)25-29(49)46-17-20(15-23(46)28(48)39-35(16-22(35)26(36)37)30(50)44-55(51,52)21-10-11-21)47-43-27(40-45-47)19-9-12-24(53-6)18(14-19)8-7-13-34(4,5)31-41-42-32(38-25)54-31/h9,12,14,20-23,25-26H,7-8,10-11,13,15-17H2,1-6H3,(H,38,42)(H,39,48)(H,44,50)/t20-,22+,23+,25-,35-/m1/s1. The largest absolute Gasteiger partial charge is 0.496 e. The van der Waals surface area contributed by atoms with Crippen LogP contribution in [0.3, 0.4) is 0 Å². The minimum absolute atomic E-state index is 0.00628. The molecule has 17 nitrogen and oxygen atoms in total. The fourth-order valence-electron chi connectivity index (χ4n) is 7.44. The number of benzene rings is 1. The zero-order chi connectivity index (χ0) is 39.7. The van der Waals surface area contributed by atoms with Crippen molar-refractivity contribution in [3.8, 4) is 17.1 Å². The number of hydrogen-bond donors (Lipinski definition) is 3. The molecule has 55 heavy (non-hydrogen) atoms. The third-order valence-electron chi connectivity index (χ3n) is 11.1. The molecule has 2 saturated carbocycles. The van der Waals surface area contributed by atoms with Gasteiger partial charge in [-0.1, -0.05) is 39.7 Å². The summed E-state index contributed by atoms with van der Waals surface area (Å²) in [6.07, 6.45) is -0.836. The minimum atomic E-state index is -4.12. The number of carbonyl (C=O) groups excluding carboxylic acids is 3. The van der Waals surface area contributed by atoms with E-state index in [-0.39, 0.29) is 19.0 Å². The summed E-state index contributed by atoms with van der Waals surface area (Å²) >= 11 is 0. The Hall–Kier alpha value is -4.75. The van der Waals surface area contributed by atoms with Gasteiger partial charge in [0.2, 0.25) is 40.0 Å². The van der Waals surface area contributed by atoms with E-state index < -0.39 is 86.3 Å². The molecule has 0 radical (unpaired) electrons. The van der Waals surface area contributed by atoms with Gasteiger partial charge in [0, 0.05) is 23.9 Å². The number of alkyl halides is 2. The summed E-state index contributed by atoms with van der Waals surface area (Å²) < 4.78 is 67.2. The lowest BCUT2D eigenvalue weighted by molar-refractivity contribution is -0.141. The fourth-order valence-corrected chi connectivity index (χ4v) is 8.81. The number of aromatic nitrogens is 6. The molecule has 0 spiro atoms. The topological polar surface area (TPSA) is 216 Å². The lowest BCUT2D eigenvalue weighted by atomic mass is 9.85. The van der Waals surface area contributed by atoms with Gasteiger partial charge in [0.15, 0.2) is 0 Å². The SMILES string of the molecule is COc1ccc2cc1CCCC(C)(C)c1nnc(o1)N[C@@H](C(C)(C)C)C(=O)N1C[C@@H](C[C@H]1C(=O)N[C@]1(C(=O)NS(=O)(=O)C3CC3)C[C@H]1C(F)F)n1nnc-2n1. The van der Waals surface area contributed by atoms with Crippen LogP contribution in [0, 0.1) is 11.3 Å². The molecule has 3 N–H and O–H groups in total. The number of hydrogen-bond acceptors (Lipinski definition) is 13. The van der Waals surface area contributed by atoms with Gasteiger partial charge in [-0.2, -0.15) is 4.80 Å². The van der Waals surface area contributed by atoms with E-state index in [9.17, 15) is 31.6 Å². The Labute approximate surface area is 316 Å². The zero-order valence-corrected chi connectivity index (χ0v) is 32.3. The molecule has 4 heterocycles. The number of sulfonamides is 1. The van der Waals surface area contributed by atoms with Gasteiger partial charge in [0.1, 0.15) is 23.4 Å². The lowest BCUT2D eigenvalue weighted by Gasteiger charge is -2.35. The van der Waals surface area contributed by atoms with Gasteiger partial charge >= 0.3 is 6.01 Å². The van der Waals surface area contributed by atoms with Crippen LogP contribution in [-0.2, 0) is 36.2 Å². The molecule has 298 valence electrons. The van der Waals surface area contributed by atoms with Crippen LogP contribution < -0.4 is 20.1 Å². The lowest BCUT2D eigenvalue weighted by Crippen LogP contribution is -2.59. The summed E-state index contributed by atoms with van der Waals surface area (Å²) in [4.78, 5) is 44.9. The molecule has 0 unspecified atom stereocenters. The van der Waals surface area contributed by atoms with Crippen LogP contribution in [0.1, 0.15) is 90.6 Å². The Morgan fingerprint density at radius 2 is 1.89 bits per heavy atom. The van der Waals surface area contributed by atoms with E-state index in [1.807, 2.05) is 51.5 Å². The van der Waals surface area contributed by atoms with Crippen LogP contribution in [0.4, 0.5) is 14.8 Å². The maximum absolute atomic E-state index is 14.7. The molecule has 3 fully saturated rings. The second-order valence-corrected chi connectivity index (χ2v) is 18.7. The summed E-state index contributed by atoms with van der Waals surface area (Å²) in [6, 6.07) is 2.49. The molecule has 2 aromatic heterocycles. The van der Waals surface area contributed by atoms with E-state index in [2.05, 4.69) is 36.2 Å². The molecule has 7 rings (SSSR count). The van der Waals surface area contributed by atoms with Crippen LogP contribution in [-0.4, -0.2) is 104 Å². The number of aryl methyl sites for hydroxylation is 1. The number of anilines is 1. The number of carbonyl (C=O) groups is 3. The number of nitrogens with one attached hydrogen (secondary N) is 3. The summed E-state index contributed by atoms with van der Waals surface area (Å²) in [5.74, 6) is -2.98. The highest BCUT2D eigenvalue weighted by Gasteiger charge is 2.67. The average Bonchev–Trinajstić information content (AvgIpc) is 3.90. The smallest absolute Gasteiger partial charge is 0.316 e. The summed E-state index contributed by atoms with van der Waals surface area (Å²) in [5.41, 5.74) is -1.94. The molecule has 4 aliphatic rings. The highest BCUT2D eigenvalue weighted by Crippen LogP contribution is 2.49. The fraction of sp³-hybridized carbons (Fsp3) is 0.657. The predicted molar refractivity (Wildman–Crippen MR) is 191 cm³/mol. The van der Waals surface area contributed by atoms with E-state index in [4.69, 9.17) is 9.15 Å². The van der Waals surface area contributed by atoms with Gasteiger partial charge in [-0.25, -0.2) is 17.2 Å². The maximum Gasteiger partial charge on any atom is 0.316 e. The minimum Gasteiger partial charge on any atom is -0.496 e. The molecule has 1 saturated heterocycles. The van der Waals surface area contributed by atoms with Crippen molar-refractivity contribution in [3.05, 3.63) is 29.7 Å². The first-order valence-electron chi connectivity index (χ1n) is 18.4. The second kappa shape index (κ2) is 13.8. The van der Waals surface area contributed by atoms with Gasteiger partial charge < -0.3 is 24.7 Å². The van der Waals surface area contributed by atoms with Crippen LogP contribution in [0.15, 0.2) is 22.6 Å². The number of tetrazole rings is 1. The molecular formula is C35H46F2N10O7S. The van der Waals surface area contributed by atoms with Crippen LogP contribution in [0.5, 0.6) is 5.75 Å². The first kappa shape index (κ1) is 38.5. The van der Waals surface area contributed by atoms with E-state index in [1.165, 1.54) is 9.70 Å². The molecule has 2 aliphatic carbocycles. The van der Waals surface area contributed by atoms with E-state index in [0.717, 1.165) is 12.0 Å². The number of rotatable bonds is 7. The summed E-state index contributed by atoms with van der Waals surface area (Å²) in [6.45, 7) is 9.31. The number of nitrogens with zero attached hydrogens (tertiary/aromatic N) is 7. The summed E-state index contributed by atoms with van der Waals surface area (Å²) in [7, 11) is -2.52. The molecule has 8 bridgehead atoms. The molecule has 5 atom stereocenters. The summed E-state index contributed by atoms with van der Waals surface area (Å²) in [5, 5.41) is 26.5. The number of amides is 3. The van der Waals surface area contributed by atoms with Crippen molar-refractivity contribution in [2.45, 2.75) is 120 Å². The zero-order valence-electron chi connectivity index (χ0n) is 31.5. The van der Waals surface area contributed by atoms with Crippen molar-refractivity contribution in [3.63, 3.8) is 0 Å². The van der Waals surface area contributed by atoms with Crippen molar-refractivity contribution in [1.82, 2.24) is 45.3 Å². The Bertz CT molecular complexity index is 2100. The molecule has 1 aromatic carbocycles. The van der Waals surface area contributed by atoms with Crippen molar-refractivity contribution >= 4 is 33.8 Å². The third kappa shape index (κ3) is 7.48. The van der Waals surface area contributed by atoms with Crippen LogP contribution in [0.25, 0.3) is 11.4 Å². The van der Waals surface area contributed by atoms with Crippen molar-refractivity contribution in [2.24, 2.45) is 11.3 Å². The van der Waals surface area contributed by atoms with Crippen molar-refractivity contribution in [1.29, 1.82) is 0 Å². The second-order valence-electron chi connectivity index (χ2n) is 16.7. The maximum atomic E-state index is 14.7. The number of ether oxygens (including phenoxy) is 1. The Morgan fingerprint density at radius 3 is 2.55 bits per heavy atom. The quantitative estimate of drug-likeness (QED) is 0.314. The van der Waals surface area contributed by atoms with Crippen LogP contribution in [0.2, 0.25) is 0 Å².